The zero-order valence-corrected chi connectivity index (χ0v) is 17.5. The van der Waals surface area contributed by atoms with Gasteiger partial charge in [-0.2, -0.15) is 4.31 Å². The first-order chi connectivity index (χ1) is 11.8. The van der Waals surface area contributed by atoms with Gasteiger partial charge in [0.2, 0.25) is 10.0 Å². The van der Waals surface area contributed by atoms with Crippen molar-refractivity contribution in [3.05, 3.63) is 15.8 Å². The molecule has 3 heterocycles. The lowest BCUT2D eigenvalue weighted by Crippen LogP contribution is -2.52. The minimum Gasteiger partial charge on any atom is -0.364 e. The highest BCUT2D eigenvalue weighted by Crippen LogP contribution is 2.28. The zero-order valence-electron chi connectivity index (χ0n) is 15.0. The summed E-state index contributed by atoms with van der Waals surface area (Å²) in [5.74, 6) is -0.0458. The third-order valence-corrected chi connectivity index (χ3v) is 7.93. The molecule has 1 aromatic rings. The van der Waals surface area contributed by atoms with Crippen LogP contribution in [-0.2, 0) is 19.6 Å². The third kappa shape index (κ3) is 4.23. The van der Waals surface area contributed by atoms with E-state index in [1.165, 1.54) is 15.6 Å². The Kier molecular flexibility index (Phi) is 7.09. The van der Waals surface area contributed by atoms with E-state index in [1.807, 2.05) is 13.8 Å². The Hall–Kier alpha value is -0.710. The molecule has 2 N–H and O–H groups in total. The average molecular weight is 424 g/mol. The first kappa shape index (κ1) is 21.6. The van der Waals surface area contributed by atoms with E-state index in [9.17, 15) is 13.2 Å². The second-order valence-electron chi connectivity index (χ2n) is 6.57. The van der Waals surface area contributed by atoms with E-state index in [1.54, 1.807) is 11.0 Å². The highest BCUT2D eigenvalue weighted by atomic mass is 35.5. The van der Waals surface area contributed by atoms with Gasteiger partial charge < -0.3 is 15.4 Å². The van der Waals surface area contributed by atoms with Crippen LogP contribution >= 0.6 is 23.7 Å². The number of sulfonamides is 1. The molecular weight excluding hydrogens is 398 g/mol. The SMILES string of the molecule is Cc1cc(S(=O)(=O)N2CCN(C(=O)[C@@H]3CC[C@H](CN)O3)CC2)c(C)s1.Cl. The molecule has 1 aromatic heterocycles. The number of thiophene rings is 1. The lowest BCUT2D eigenvalue weighted by Gasteiger charge is -2.35. The lowest BCUT2D eigenvalue weighted by molar-refractivity contribution is -0.143. The molecule has 2 atom stereocenters. The number of hydrogen-bond acceptors (Lipinski definition) is 6. The van der Waals surface area contributed by atoms with Gasteiger partial charge in [-0.25, -0.2) is 8.42 Å². The molecule has 0 unspecified atom stereocenters. The summed E-state index contributed by atoms with van der Waals surface area (Å²) in [5.41, 5.74) is 5.59. The first-order valence-corrected chi connectivity index (χ1v) is 10.8. The number of carbonyl (C=O) groups is 1. The average Bonchev–Trinajstić information content (AvgIpc) is 3.20. The topological polar surface area (TPSA) is 92.9 Å². The van der Waals surface area contributed by atoms with Crippen LogP contribution in [0.2, 0.25) is 0 Å². The maximum absolute atomic E-state index is 12.8. The molecule has 10 heteroatoms. The minimum absolute atomic E-state index is 0. The molecular formula is C16H26ClN3O4S2. The fourth-order valence-electron chi connectivity index (χ4n) is 3.42. The standard InChI is InChI=1S/C16H25N3O4S2.ClH/c1-11-9-15(12(2)24-11)25(21,22)19-7-5-18(6-8-19)16(20)14-4-3-13(10-17)23-14;/h9,13-14H,3-8,10,17H2,1-2H3;1H/t13-,14+;/m1./s1. The van der Waals surface area contributed by atoms with E-state index in [-0.39, 0.29) is 24.4 Å². The van der Waals surface area contributed by atoms with E-state index in [0.29, 0.717) is 44.0 Å². The number of nitrogens with two attached hydrogens (primary N) is 1. The molecule has 2 aliphatic rings. The van der Waals surface area contributed by atoms with Crippen LogP contribution in [0.4, 0.5) is 0 Å². The molecule has 26 heavy (non-hydrogen) atoms. The number of halogens is 1. The Morgan fingerprint density at radius 2 is 1.92 bits per heavy atom. The molecule has 0 bridgehead atoms. The highest BCUT2D eigenvalue weighted by molar-refractivity contribution is 7.89. The van der Waals surface area contributed by atoms with Crippen molar-refractivity contribution in [3.8, 4) is 0 Å². The van der Waals surface area contributed by atoms with Gasteiger partial charge in [-0.1, -0.05) is 0 Å². The molecule has 0 radical (unpaired) electrons. The zero-order chi connectivity index (χ0) is 18.2. The maximum atomic E-state index is 12.8. The van der Waals surface area contributed by atoms with Gasteiger partial charge in [-0.05, 0) is 32.8 Å². The Labute approximate surface area is 164 Å². The molecule has 0 spiro atoms. The minimum atomic E-state index is -3.49. The van der Waals surface area contributed by atoms with Crippen molar-refractivity contribution < 1.29 is 17.9 Å². The quantitative estimate of drug-likeness (QED) is 0.783. The summed E-state index contributed by atoms with van der Waals surface area (Å²) in [4.78, 5) is 16.4. The lowest BCUT2D eigenvalue weighted by atomic mass is 10.1. The number of hydrogen-bond donors (Lipinski definition) is 1. The predicted molar refractivity (Wildman–Crippen MR) is 103 cm³/mol. The fraction of sp³-hybridized carbons (Fsp3) is 0.688. The first-order valence-electron chi connectivity index (χ1n) is 8.54. The van der Waals surface area contributed by atoms with Crippen LogP contribution in [-0.4, -0.2) is 68.5 Å². The smallest absolute Gasteiger partial charge is 0.251 e. The van der Waals surface area contributed by atoms with Crippen LogP contribution in [0.5, 0.6) is 0 Å². The van der Waals surface area contributed by atoms with Crippen LogP contribution in [0.25, 0.3) is 0 Å². The number of nitrogens with zero attached hydrogens (tertiary/aromatic N) is 2. The highest BCUT2D eigenvalue weighted by Gasteiger charge is 2.36. The van der Waals surface area contributed by atoms with Gasteiger partial charge in [0.15, 0.2) is 0 Å². The van der Waals surface area contributed by atoms with Crippen LogP contribution in [0.1, 0.15) is 22.6 Å². The van der Waals surface area contributed by atoms with E-state index in [4.69, 9.17) is 10.5 Å². The summed E-state index contributed by atoms with van der Waals surface area (Å²) < 4.78 is 32.8. The monoisotopic (exact) mass is 423 g/mol. The van der Waals surface area contributed by atoms with Crippen molar-refractivity contribution >= 4 is 39.7 Å². The maximum Gasteiger partial charge on any atom is 0.251 e. The molecule has 2 saturated heterocycles. The van der Waals surface area contributed by atoms with Gasteiger partial charge >= 0.3 is 0 Å². The number of ether oxygens (including phenoxy) is 1. The fourth-order valence-corrected chi connectivity index (χ4v) is 6.36. The molecule has 148 valence electrons. The van der Waals surface area contributed by atoms with E-state index in [2.05, 4.69) is 0 Å². The van der Waals surface area contributed by atoms with Gasteiger partial charge in [0.1, 0.15) is 6.10 Å². The second-order valence-corrected chi connectivity index (χ2v) is 9.93. The molecule has 0 aromatic carbocycles. The number of amides is 1. The normalized spacial score (nSPS) is 24.5. The van der Waals surface area contributed by atoms with Gasteiger partial charge in [-0.3, -0.25) is 4.79 Å². The summed E-state index contributed by atoms with van der Waals surface area (Å²) >= 11 is 1.49. The summed E-state index contributed by atoms with van der Waals surface area (Å²) in [7, 11) is -3.49. The largest absolute Gasteiger partial charge is 0.364 e. The second kappa shape index (κ2) is 8.53. The Morgan fingerprint density at radius 1 is 1.27 bits per heavy atom. The number of aryl methyl sites for hydroxylation is 2. The van der Waals surface area contributed by atoms with Crippen molar-refractivity contribution in [2.24, 2.45) is 5.73 Å². The Balaban J connectivity index is 0.00000243. The van der Waals surface area contributed by atoms with Crippen LogP contribution < -0.4 is 5.73 Å². The van der Waals surface area contributed by atoms with Crippen LogP contribution in [0.15, 0.2) is 11.0 Å². The van der Waals surface area contributed by atoms with E-state index in [0.717, 1.165) is 16.2 Å². The van der Waals surface area contributed by atoms with Crippen molar-refractivity contribution in [1.29, 1.82) is 0 Å². The molecule has 0 aliphatic carbocycles. The van der Waals surface area contributed by atoms with Crippen molar-refractivity contribution in [2.75, 3.05) is 32.7 Å². The van der Waals surface area contributed by atoms with Gasteiger partial charge in [0.05, 0.1) is 11.0 Å². The molecule has 2 fully saturated rings. The van der Waals surface area contributed by atoms with E-state index >= 15 is 0 Å². The Morgan fingerprint density at radius 3 is 2.42 bits per heavy atom. The molecule has 3 rings (SSSR count). The number of rotatable bonds is 4. The van der Waals surface area contributed by atoms with Crippen LogP contribution in [0, 0.1) is 13.8 Å². The summed E-state index contributed by atoms with van der Waals surface area (Å²) in [6.45, 7) is 5.58. The van der Waals surface area contributed by atoms with Crippen molar-refractivity contribution in [1.82, 2.24) is 9.21 Å². The van der Waals surface area contributed by atoms with Gasteiger partial charge in [-0.15, -0.1) is 23.7 Å². The van der Waals surface area contributed by atoms with Crippen LogP contribution in [0.3, 0.4) is 0 Å². The van der Waals surface area contributed by atoms with Crippen molar-refractivity contribution in [2.45, 2.75) is 43.8 Å². The molecule has 7 nitrogen and oxygen atoms in total. The Bertz CT molecular complexity index is 745. The summed E-state index contributed by atoms with van der Waals surface area (Å²) in [6.07, 6.45) is 1.02. The summed E-state index contributed by atoms with van der Waals surface area (Å²) in [6, 6.07) is 1.73. The summed E-state index contributed by atoms with van der Waals surface area (Å²) in [5, 5.41) is 0. The third-order valence-electron chi connectivity index (χ3n) is 4.81. The predicted octanol–water partition coefficient (Wildman–Crippen LogP) is 1.13. The van der Waals surface area contributed by atoms with Gasteiger partial charge in [0.25, 0.3) is 5.91 Å². The van der Waals surface area contributed by atoms with Crippen molar-refractivity contribution in [3.63, 3.8) is 0 Å². The number of piperazine rings is 1. The molecule has 1 amide bonds. The number of carbonyl (C=O) groups excluding carboxylic acids is 1. The molecule has 0 saturated carbocycles. The van der Waals surface area contributed by atoms with E-state index < -0.39 is 16.1 Å². The van der Waals surface area contributed by atoms with Gasteiger partial charge in [0, 0.05) is 42.5 Å². The molecule has 2 aliphatic heterocycles.